The fourth-order valence-corrected chi connectivity index (χ4v) is 2.95. The van der Waals surface area contributed by atoms with Crippen LogP contribution in [-0.2, 0) is 16.0 Å². The summed E-state index contributed by atoms with van der Waals surface area (Å²) in [5.41, 5.74) is 2.50. The van der Waals surface area contributed by atoms with Gasteiger partial charge in [-0.25, -0.2) is 4.79 Å². The molecule has 0 radical (unpaired) electrons. The van der Waals surface area contributed by atoms with Gasteiger partial charge in [-0.05, 0) is 44.0 Å². The van der Waals surface area contributed by atoms with Gasteiger partial charge in [0.1, 0.15) is 0 Å². The SMILES string of the molecule is C[C@@H](OC(=O)c1ccccc1)C(=O)N1c2ccccc2C[C@@H]1C. The molecule has 0 N–H and O–H groups in total. The molecule has 1 aliphatic rings. The van der Waals surface area contributed by atoms with Gasteiger partial charge in [-0.15, -0.1) is 0 Å². The van der Waals surface area contributed by atoms with Crippen LogP contribution in [0.15, 0.2) is 54.6 Å². The zero-order chi connectivity index (χ0) is 16.4. The van der Waals surface area contributed by atoms with E-state index in [-0.39, 0.29) is 11.9 Å². The number of carbonyl (C=O) groups excluding carboxylic acids is 2. The van der Waals surface area contributed by atoms with Gasteiger partial charge in [0.2, 0.25) is 0 Å². The van der Waals surface area contributed by atoms with E-state index in [2.05, 4.69) is 0 Å². The Kier molecular flexibility index (Phi) is 4.15. The van der Waals surface area contributed by atoms with Crippen molar-refractivity contribution in [2.24, 2.45) is 0 Å². The number of nitrogens with zero attached hydrogens (tertiary/aromatic N) is 1. The molecule has 0 unspecified atom stereocenters. The van der Waals surface area contributed by atoms with Crippen LogP contribution in [0.5, 0.6) is 0 Å². The van der Waals surface area contributed by atoms with E-state index in [1.165, 1.54) is 0 Å². The molecule has 2 aromatic rings. The minimum absolute atomic E-state index is 0.0674. The maximum absolute atomic E-state index is 12.7. The molecule has 0 aromatic heterocycles. The summed E-state index contributed by atoms with van der Waals surface area (Å²) in [4.78, 5) is 26.6. The molecule has 4 nitrogen and oxygen atoms in total. The van der Waals surface area contributed by atoms with Gasteiger partial charge in [0.05, 0.1) is 5.56 Å². The molecule has 4 heteroatoms. The number of fused-ring (bicyclic) bond motifs is 1. The lowest BCUT2D eigenvalue weighted by atomic mass is 10.1. The molecule has 0 fully saturated rings. The number of amides is 1. The molecular weight excluding hydrogens is 290 g/mol. The van der Waals surface area contributed by atoms with Gasteiger partial charge in [0.15, 0.2) is 6.10 Å². The highest BCUT2D eigenvalue weighted by Gasteiger charge is 2.34. The highest BCUT2D eigenvalue weighted by Crippen LogP contribution is 2.32. The minimum Gasteiger partial charge on any atom is -0.449 e. The molecular formula is C19H19NO3. The Bertz CT molecular complexity index is 726. The van der Waals surface area contributed by atoms with Crippen molar-refractivity contribution >= 4 is 17.6 Å². The third-order valence-electron chi connectivity index (χ3n) is 4.09. The van der Waals surface area contributed by atoms with Gasteiger partial charge < -0.3 is 9.64 Å². The topological polar surface area (TPSA) is 46.6 Å². The van der Waals surface area contributed by atoms with Gasteiger partial charge in [-0.1, -0.05) is 36.4 Å². The van der Waals surface area contributed by atoms with E-state index in [1.54, 1.807) is 36.1 Å². The van der Waals surface area contributed by atoms with E-state index in [9.17, 15) is 9.59 Å². The molecule has 2 aromatic carbocycles. The van der Waals surface area contributed by atoms with Gasteiger partial charge in [-0.3, -0.25) is 4.79 Å². The van der Waals surface area contributed by atoms with Crippen LogP contribution in [0.25, 0.3) is 0 Å². The van der Waals surface area contributed by atoms with Gasteiger partial charge >= 0.3 is 5.97 Å². The number of rotatable bonds is 3. The molecule has 0 aliphatic carbocycles. The maximum Gasteiger partial charge on any atom is 0.338 e. The standard InChI is InChI=1S/C19H19NO3/c1-13-12-16-10-6-7-11-17(16)20(13)18(21)14(2)23-19(22)15-8-4-3-5-9-15/h3-11,13-14H,12H2,1-2H3/t13-,14+/m0/s1. The number of hydrogen-bond donors (Lipinski definition) is 0. The Labute approximate surface area is 135 Å². The number of hydrogen-bond acceptors (Lipinski definition) is 3. The lowest BCUT2D eigenvalue weighted by Gasteiger charge is -2.25. The number of anilines is 1. The Morgan fingerprint density at radius 3 is 2.48 bits per heavy atom. The van der Waals surface area contributed by atoms with Crippen molar-refractivity contribution in [3.8, 4) is 0 Å². The van der Waals surface area contributed by atoms with Crippen molar-refractivity contribution in [2.75, 3.05) is 4.90 Å². The lowest BCUT2D eigenvalue weighted by Crippen LogP contribution is -2.43. The average Bonchev–Trinajstić information content (AvgIpc) is 2.90. The third kappa shape index (κ3) is 2.97. The molecule has 0 spiro atoms. The molecule has 0 saturated carbocycles. The first-order chi connectivity index (χ1) is 11.1. The average molecular weight is 309 g/mol. The van der Waals surface area contributed by atoms with Crippen LogP contribution in [0.3, 0.4) is 0 Å². The Balaban J connectivity index is 1.74. The van der Waals surface area contributed by atoms with Gasteiger partial charge in [0.25, 0.3) is 5.91 Å². The van der Waals surface area contributed by atoms with E-state index in [0.29, 0.717) is 5.56 Å². The summed E-state index contributed by atoms with van der Waals surface area (Å²) in [6.07, 6.45) is -0.00216. The zero-order valence-corrected chi connectivity index (χ0v) is 13.2. The molecule has 2 atom stereocenters. The van der Waals surface area contributed by atoms with Crippen molar-refractivity contribution in [3.05, 3.63) is 65.7 Å². The quantitative estimate of drug-likeness (QED) is 0.818. The first-order valence-electron chi connectivity index (χ1n) is 7.75. The number of carbonyl (C=O) groups is 2. The molecule has 1 heterocycles. The van der Waals surface area contributed by atoms with Crippen molar-refractivity contribution in [3.63, 3.8) is 0 Å². The summed E-state index contributed by atoms with van der Waals surface area (Å²) in [6.45, 7) is 3.63. The number of esters is 1. The Hall–Kier alpha value is -2.62. The monoisotopic (exact) mass is 309 g/mol. The maximum atomic E-state index is 12.7. The fourth-order valence-electron chi connectivity index (χ4n) is 2.95. The van der Waals surface area contributed by atoms with Gasteiger partial charge in [0, 0.05) is 11.7 Å². The summed E-state index contributed by atoms with van der Waals surface area (Å²) in [5.74, 6) is -0.668. The predicted molar refractivity (Wildman–Crippen MR) is 88.4 cm³/mol. The summed E-state index contributed by atoms with van der Waals surface area (Å²) in [5, 5.41) is 0. The van der Waals surface area contributed by atoms with E-state index in [0.717, 1.165) is 17.7 Å². The normalized spacial score (nSPS) is 17.5. The van der Waals surface area contributed by atoms with Crippen LogP contribution < -0.4 is 4.90 Å². The molecule has 1 aliphatic heterocycles. The van der Waals surface area contributed by atoms with Crippen molar-refractivity contribution in [1.82, 2.24) is 0 Å². The third-order valence-corrected chi connectivity index (χ3v) is 4.09. The van der Waals surface area contributed by atoms with E-state index in [4.69, 9.17) is 4.74 Å². The second-order valence-corrected chi connectivity index (χ2v) is 5.80. The number of ether oxygens (including phenoxy) is 1. The van der Waals surface area contributed by atoms with E-state index in [1.807, 2.05) is 37.3 Å². The van der Waals surface area contributed by atoms with E-state index >= 15 is 0 Å². The second kappa shape index (κ2) is 6.24. The second-order valence-electron chi connectivity index (χ2n) is 5.80. The first kappa shape index (κ1) is 15.3. The van der Waals surface area contributed by atoms with Crippen molar-refractivity contribution in [1.29, 1.82) is 0 Å². The predicted octanol–water partition coefficient (Wildman–Crippen LogP) is 3.21. The van der Waals surface area contributed by atoms with E-state index < -0.39 is 12.1 Å². The van der Waals surface area contributed by atoms with Crippen LogP contribution in [0.4, 0.5) is 5.69 Å². The molecule has 23 heavy (non-hydrogen) atoms. The van der Waals surface area contributed by atoms with Gasteiger partial charge in [-0.2, -0.15) is 0 Å². The summed E-state index contributed by atoms with van der Waals surface area (Å²) in [7, 11) is 0. The summed E-state index contributed by atoms with van der Waals surface area (Å²) < 4.78 is 5.34. The largest absolute Gasteiger partial charge is 0.449 e. The zero-order valence-electron chi connectivity index (χ0n) is 13.2. The van der Waals surface area contributed by atoms with Crippen molar-refractivity contribution < 1.29 is 14.3 Å². The fraction of sp³-hybridized carbons (Fsp3) is 0.263. The Morgan fingerprint density at radius 2 is 1.74 bits per heavy atom. The molecule has 1 amide bonds. The van der Waals surface area contributed by atoms with Crippen LogP contribution in [0.2, 0.25) is 0 Å². The highest BCUT2D eigenvalue weighted by molar-refractivity contribution is 6.00. The molecule has 0 bridgehead atoms. The summed E-state index contributed by atoms with van der Waals surface area (Å²) in [6, 6.07) is 16.6. The van der Waals surface area contributed by atoms with Crippen LogP contribution in [0.1, 0.15) is 29.8 Å². The van der Waals surface area contributed by atoms with Crippen LogP contribution in [-0.4, -0.2) is 24.0 Å². The minimum atomic E-state index is -0.823. The first-order valence-corrected chi connectivity index (χ1v) is 7.75. The highest BCUT2D eigenvalue weighted by atomic mass is 16.5. The number of benzene rings is 2. The molecule has 0 saturated heterocycles. The van der Waals surface area contributed by atoms with Crippen LogP contribution >= 0.6 is 0 Å². The Morgan fingerprint density at radius 1 is 1.09 bits per heavy atom. The smallest absolute Gasteiger partial charge is 0.338 e. The molecule has 3 rings (SSSR count). The number of para-hydroxylation sites is 1. The van der Waals surface area contributed by atoms with Crippen LogP contribution in [0, 0.1) is 0 Å². The van der Waals surface area contributed by atoms with Crippen molar-refractivity contribution in [2.45, 2.75) is 32.4 Å². The molecule has 118 valence electrons. The lowest BCUT2D eigenvalue weighted by molar-refractivity contribution is -0.126. The summed E-state index contributed by atoms with van der Waals surface area (Å²) >= 11 is 0.